The first-order valence-corrected chi connectivity index (χ1v) is 8.52. The Morgan fingerprint density at radius 1 is 1.04 bits per heavy atom. The highest BCUT2D eigenvalue weighted by Crippen LogP contribution is 2.25. The summed E-state index contributed by atoms with van der Waals surface area (Å²) >= 11 is 0. The summed E-state index contributed by atoms with van der Waals surface area (Å²) in [6.07, 6.45) is 1.73. The average molecular weight is 364 g/mol. The van der Waals surface area contributed by atoms with Gasteiger partial charge in [0.1, 0.15) is 5.75 Å². The molecule has 1 N–H and O–H groups in total. The van der Waals surface area contributed by atoms with Gasteiger partial charge in [0, 0.05) is 49.2 Å². The van der Waals surface area contributed by atoms with Crippen LogP contribution in [0, 0.1) is 17.0 Å². The molecule has 2 heterocycles. The van der Waals surface area contributed by atoms with Crippen molar-refractivity contribution in [2.75, 3.05) is 0 Å². The third kappa shape index (κ3) is 5.08. The van der Waals surface area contributed by atoms with Crippen LogP contribution in [0.2, 0.25) is 0 Å². The number of benzene rings is 1. The highest BCUT2D eigenvalue weighted by atomic mass is 16.6. The maximum Gasteiger partial charge on any atom is 0.270 e. The number of phenols is 1. The van der Waals surface area contributed by atoms with Gasteiger partial charge in [-0.25, -0.2) is 0 Å². The summed E-state index contributed by atoms with van der Waals surface area (Å²) in [6.45, 7) is 3.32. The van der Waals surface area contributed by atoms with Crippen molar-refractivity contribution in [1.82, 2.24) is 14.9 Å². The number of aryl methyl sites for hydroxylation is 1. The van der Waals surface area contributed by atoms with Crippen LogP contribution in [-0.4, -0.2) is 24.9 Å². The van der Waals surface area contributed by atoms with E-state index in [0.29, 0.717) is 25.2 Å². The van der Waals surface area contributed by atoms with Crippen molar-refractivity contribution in [3.63, 3.8) is 0 Å². The van der Waals surface area contributed by atoms with Gasteiger partial charge in [0.15, 0.2) is 0 Å². The van der Waals surface area contributed by atoms with Crippen LogP contribution in [0.15, 0.2) is 60.8 Å². The number of aromatic hydroxyl groups is 1. The van der Waals surface area contributed by atoms with Gasteiger partial charge < -0.3 is 5.11 Å². The van der Waals surface area contributed by atoms with Gasteiger partial charge in [-0.2, -0.15) is 0 Å². The molecule has 1 aromatic carbocycles. The van der Waals surface area contributed by atoms with Crippen LogP contribution in [-0.2, 0) is 19.6 Å². The fourth-order valence-electron chi connectivity index (χ4n) is 2.86. The number of aromatic nitrogens is 2. The van der Waals surface area contributed by atoms with E-state index in [1.165, 1.54) is 18.2 Å². The van der Waals surface area contributed by atoms with Crippen molar-refractivity contribution in [3.8, 4) is 5.75 Å². The van der Waals surface area contributed by atoms with Crippen molar-refractivity contribution < 1.29 is 10.0 Å². The Labute approximate surface area is 157 Å². The lowest BCUT2D eigenvalue weighted by atomic mass is 10.1. The Morgan fingerprint density at radius 2 is 1.81 bits per heavy atom. The van der Waals surface area contributed by atoms with E-state index in [9.17, 15) is 15.2 Å². The molecule has 0 spiro atoms. The highest BCUT2D eigenvalue weighted by molar-refractivity contribution is 5.43. The molecule has 3 rings (SSSR count). The Bertz CT molecular complexity index is 932. The first-order valence-electron chi connectivity index (χ1n) is 8.52. The number of phenolic OH excluding ortho intramolecular Hbond substituents is 1. The molecule has 7 heteroatoms. The number of rotatable bonds is 7. The molecule has 138 valence electrons. The second-order valence-corrected chi connectivity index (χ2v) is 6.31. The molecular formula is C20H20N4O3. The lowest BCUT2D eigenvalue weighted by Crippen LogP contribution is -2.23. The fourth-order valence-corrected chi connectivity index (χ4v) is 2.86. The quantitative estimate of drug-likeness (QED) is 0.509. The standard InChI is InChI=1S/C20H20N4O3/c1-15-5-4-7-18(22-15)14-23(13-17-6-2-3-10-21-17)12-16-11-19(24(26)27)8-9-20(16)25/h2-11,25H,12-14H2,1H3. The summed E-state index contributed by atoms with van der Waals surface area (Å²) < 4.78 is 0. The molecule has 0 saturated heterocycles. The van der Waals surface area contributed by atoms with Gasteiger partial charge in [-0.05, 0) is 37.3 Å². The predicted octanol–water partition coefficient (Wildman–Crippen LogP) is 3.60. The molecule has 0 unspecified atom stereocenters. The molecule has 0 atom stereocenters. The fraction of sp³-hybridized carbons (Fsp3) is 0.200. The van der Waals surface area contributed by atoms with Gasteiger partial charge in [0.25, 0.3) is 5.69 Å². The molecule has 0 aliphatic heterocycles. The zero-order chi connectivity index (χ0) is 19.2. The second-order valence-electron chi connectivity index (χ2n) is 6.31. The minimum Gasteiger partial charge on any atom is -0.508 e. The molecule has 3 aromatic rings. The Hall–Kier alpha value is -3.32. The predicted molar refractivity (Wildman–Crippen MR) is 101 cm³/mol. The molecule has 0 aliphatic carbocycles. The zero-order valence-electron chi connectivity index (χ0n) is 14.9. The summed E-state index contributed by atoms with van der Waals surface area (Å²) in [7, 11) is 0. The van der Waals surface area contributed by atoms with E-state index in [4.69, 9.17) is 0 Å². The molecule has 27 heavy (non-hydrogen) atoms. The van der Waals surface area contributed by atoms with Crippen LogP contribution in [0.1, 0.15) is 22.6 Å². The molecule has 7 nitrogen and oxygen atoms in total. The maximum atomic E-state index is 11.1. The van der Waals surface area contributed by atoms with Crippen LogP contribution in [0.5, 0.6) is 5.75 Å². The van der Waals surface area contributed by atoms with E-state index < -0.39 is 4.92 Å². The normalized spacial score (nSPS) is 10.9. The van der Waals surface area contributed by atoms with E-state index >= 15 is 0 Å². The summed E-state index contributed by atoms with van der Waals surface area (Å²) in [5, 5.41) is 21.2. The van der Waals surface area contributed by atoms with Crippen LogP contribution in [0.4, 0.5) is 5.69 Å². The van der Waals surface area contributed by atoms with Crippen molar-refractivity contribution >= 4 is 5.69 Å². The van der Waals surface area contributed by atoms with Crippen LogP contribution in [0.25, 0.3) is 0 Å². The number of nitro benzene ring substituents is 1. The van der Waals surface area contributed by atoms with Crippen LogP contribution in [0.3, 0.4) is 0 Å². The topological polar surface area (TPSA) is 92.4 Å². The van der Waals surface area contributed by atoms with Crippen molar-refractivity contribution in [2.24, 2.45) is 0 Å². The van der Waals surface area contributed by atoms with E-state index in [1.807, 2.05) is 48.2 Å². The SMILES string of the molecule is Cc1cccc(CN(Cc2ccccn2)Cc2cc([N+](=O)[O-])ccc2O)n1. The highest BCUT2D eigenvalue weighted by Gasteiger charge is 2.15. The minimum absolute atomic E-state index is 0.0313. The van der Waals surface area contributed by atoms with Crippen molar-refractivity contribution in [2.45, 2.75) is 26.6 Å². The number of non-ortho nitro benzene ring substituents is 1. The molecule has 2 aromatic heterocycles. The third-order valence-electron chi connectivity index (χ3n) is 4.11. The molecule has 0 fully saturated rings. The molecule has 0 radical (unpaired) electrons. The zero-order valence-corrected chi connectivity index (χ0v) is 14.9. The Kier molecular flexibility index (Phi) is 5.73. The maximum absolute atomic E-state index is 11.1. The molecule has 0 bridgehead atoms. The van der Waals surface area contributed by atoms with Gasteiger partial charge in [-0.15, -0.1) is 0 Å². The van der Waals surface area contributed by atoms with Gasteiger partial charge in [-0.1, -0.05) is 12.1 Å². The lowest BCUT2D eigenvalue weighted by molar-refractivity contribution is -0.385. The van der Waals surface area contributed by atoms with E-state index in [1.54, 1.807) is 6.20 Å². The smallest absolute Gasteiger partial charge is 0.270 e. The first kappa shape index (κ1) is 18.5. The van der Waals surface area contributed by atoms with E-state index in [2.05, 4.69) is 9.97 Å². The van der Waals surface area contributed by atoms with Crippen LogP contribution < -0.4 is 0 Å². The third-order valence-corrected chi connectivity index (χ3v) is 4.11. The summed E-state index contributed by atoms with van der Waals surface area (Å²) in [5.41, 5.74) is 3.12. The van der Waals surface area contributed by atoms with Gasteiger partial charge in [0.2, 0.25) is 0 Å². The summed E-state index contributed by atoms with van der Waals surface area (Å²) in [6, 6.07) is 15.6. The minimum atomic E-state index is -0.464. The van der Waals surface area contributed by atoms with Gasteiger partial charge in [0.05, 0.1) is 16.3 Å². The molecule has 0 saturated carbocycles. The Morgan fingerprint density at radius 3 is 2.52 bits per heavy atom. The second kappa shape index (κ2) is 8.37. The average Bonchev–Trinajstić information content (AvgIpc) is 2.64. The van der Waals surface area contributed by atoms with E-state index in [0.717, 1.165) is 17.1 Å². The first-order chi connectivity index (χ1) is 13.0. The molecular weight excluding hydrogens is 344 g/mol. The monoisotopic (exact) mass is 364 g/mol. The number of hydrogen-bond donors (Lipinski definition) is 1. The van der Waals surface area contributed by atoms with Gasteiger partial charge >= 0.3 is 0 Å². The number of nitro groups is 1. The lowest BCUT2D eigenvalue weighted by Gasteiger charge is -2.22. The van der Waals surface area contributed by atoms with Gasteiger partial charge in [-0.3, -0.25) is 25.0 Å². The summed E-state index contributed by atoms with van der Waals surface area (Å²) in [4.78, 5) is 21.5. The summed E-state index contributed by atoms with van der Waals surface area (Å²) in [5.74, 6) is 0.0313. The molecule has 0 amide bonds. The number of hydrogen-bond acceptors (Lipinski definition) is 6. The largest absolute Gasteiger partial charge is 0.508 e. The molecule has 0 aliphatic rings. The van der Waals surface area contributed by atoms with Crippen LogP contribution >= 0.6 is 0 Å². The number of pyridine rings is 2. The van der Waals surface area contributed by atoms with E-state index in [-0.39, 0.29) is 11.4 Å². The number of nitrogens with zero attached hydrogens (tertiary/aromatic N) is 4. The Balaban J connectivity index is 1.87. The van der Waals surface area contributed by atoms with Crippen molar-refractivity contribution in [1.29, 1.82) is 0 Å². The van der Waals surface area contributed by atoms with Crippen molar-refractivity contribution in [3.05, 3.63) is 93.6 Å².